The van der Waals surface area contributed by atoms with E-state index in [1.165, 1.54) is 4.88 Å². The summed E-state index contributed by atoms with van der Waals surface area (Å²) >= 11 is 1.67. The summed E-state index contributed by atoms with van der Waals surface area (Å²) in [5.41, 5.74) is 11.8. The lowest BCUT2D eigenvalue weighted by molar-refractivity contribution is -0.145. The Labute approximate surface area is 190 Å². The Bertz CT molecular complexity index is 1010. The fourth-order valence-corrected chi connectivity index (χ4v) is 4.30. The molecule has 0 bridgehead atoms. The molecule has 0 saturated heterocycles. The van der Waals surface area contributed by atoms with Crippen LogP contribution in [0.15, 0.2) is 54.6 Å². The van der Waals surface area contributed by atoms with Crippen LogP contribution < -0.4 is 16.2 Å². The van der Waals surface area contributed by atoms with E-state index in [1.807, 2.05) is 36.4 Å². The molecule has 0 radical (unpaired) electrons. The van der Waals surface area contributed by atoms with E-state index in [9.17, 15) is 13.6 Å². The highest BCUT2D eigenvalue weighted by atomic mass is 32.1. The molecule has 1 atom stereocenters. The smallest absolute Gasteiger partial charge is 0.324 e. The van der Waals surface area contributed by atoms with Crippen molar-refractivity contribution in [2.75, 3.05) is 19.8 Å². The molecule has 5 nitrogen and oxygen atoms in total. The summed E-state index contributed by atoms with van der Waals surface area (Å²) in [6, 6.07) is 17.2. The molecule has 3 rings (SSSR count). The molecule has 0 aliphatic carbocycles. The topological polar surface area (TPSA) is 87.6 Å². The minimum atomic E-state index is -2.84. The Morgan fingerprint density at radius 3 is 2.47 bits per heavy atom. The molecule has 1 aromatic heterocycles. The summed E-state index contributed by atoms with van der Waals surface area (Å²) in [5.74, 6) is -2.83. The SMILES string of the molecule is NCC(N)C(=O)OCCCC(F)(F)CCCOc1ccc2cc(-c3ccccc3)sc2c1. The number of hydrogen-bond acceptors (Lipinski definition) is 6. The minimum Gasteiger partial charge on any atom is -0.494 e. The van der Waals surface area contributed by atoms with Gasteiger partial charge in [-0.25, -0.2) is 8.78 Å². The van der Waals surface area contributed by atoms with Crippen LogP contribution in [0.1, 0.15) is 25.7 Å². The predicted octanol–water partition coefficient (Wildman–Crippen LogP) is 4.97. The lowest BCUT2D eigenvalue weighted by atomic mass is 10.1. The van der Waals surface area contributed by atoms with E-state index in [4.69, 9.17) is 20.9 Å². The maximum absolute atomic E-state index is 14.0. The van der Waals surface area contributed by atoms with E-state index < -0.39 is 17.9 Å². The van der Waals surface area contributed by atoms with Crippen molar-refractivity contribution in [3.8, 4) is 16.2 Å². The second kappa shape index (κ2) is 11.4. The number of thiophene rings is 1. The number of rotatable bonds is 12. The first-order chi connectivity index (χ1) is 15.4. The second-order valence-electron chi connectivity index (χ2n) is 7.60. The molecule has 8 heteroatoms. The van der Waals surface area contributed by atoms with Gasteiger partial charge in [0.15, 0.2) is 0 Å². The number of alkyl halides is 2. The van der Waals surface area contributed by atoms with Crippen LogP contribution in [-0.2, 0) is 9.53 Å². The molecular formula is C24H28F2N2O3S. The van der Waals surface area contributed by atoms with Gasteiger partial charge in [0.1, 0.15) is 11.8 Å². The zero-order valence-corrected chi connectivity index (χ0v) is 18.6. The largest absolute Gasteiger partial charge is 0.494 e. The molecule has 0 aliphatic rings. The fraction of sp³-hybridized carbons (Fsp3) is 0.375. The number of esters is 1. The quantitative estimate of drug-likeness (QED) is 0.293. The monoisotopic (exact) mass is 462 g/mol. The predicted molar refractivity (Wildman–Crippen MR) is 124 cm³/mol. The van der Waals surface area contributed by atoms with E-state index >= 15 is 0 Å². The summed E-state index contributed by atoms with van der Waals surface area (Å²) in [6.45, 7) is 0.0748. The van der Waals surface area contributed by atoms with Crippen molar-refractivity contribution in [3.63, 3.8) is 0 Å². The van der Waals surface area contributed by atoms with E-state index in [0.29, 0.717) is 5.75 Å². The number of carbonyl (C=O) groups is 1. The standard InChI is InChI=1S/C24H28F2N2O3S/c25-24(26,11-5-13-31-23(29)20(28)16-27)10-4-12-30-19-9-8-18-14-21(32-22(18)15-19)17-6-2-1-3-7-17/h1-3,6-9,14-15,20H,4-5,10-13,16,27-28H2. The third-order valence-electron chi connectivity index (χ3n) is 4.99. The van der Waals surface area contributed by atoms with Gasteiger partial charge in [0.25, 0.3) is 0 Å². The molecular weight excluding hydrogens is 434 g/mol. The van der Waals surface area contributed by atoms with E-state index in [2.05, 4.69) is 18.2 Å². The molecule has 0 spiro atoms. The maximum Gasteiger partial charge on any atom is 0.324 e. The number of hydrogen-bond donors (Lipinski definition) is 2. The van der Waals surface area contributed by atoms with Crippen LogP contribution in [0.4, 0.5) is 8.78 Å². The lowest BCUT2D eigenvalue weighted by Gasteiger charge is -2.17. The molecule has 1 heterocycles. The molecule has 0 saturated carbocycles. The summed E-state index contributed by atoms with van der Waals surface area (Å²) < 4.78 is 39.7. The highest BCUT2D eigenvalue weighted by molar-refractivity contribution is 7.22. The van der Waals surface area contributed by atoms with Crippen LogP contribution >= 0.6 is 11.3 Å². The summed E-state index contributed by atoms with van der Waals surface area (Å²) in [5, 5.41) is 1.13. The zero-order valence-electron chi connectivity index (χ0n) is 17.8. The van der Waals surface area contributed by atoms with Gasteiger partial charge in [-0.1, -0.05) is 30.3 Å². The van der Waals surface area contributed by atoms with Gasteiger partial charge in [0.2, 0.25) is 5.92 Å². The number of fused-ring (bicyclic) bond motifs is 1. The number of halogens is 2. The van der Waals surface area contributed by atoms with Crippen molar-refractivity contribution in [2.24, 2.45) is 11.5 Å². The molecule has 1 unspecified atom stereocenters. The number of benzene rings is 2. The van der Waals surface area contributed by atoms with Gasteiger partial charge in [-0.15, -0.1) is 11.3 Å². The minimum absolute atomic E-state index is 0.0391. The van der Waals surface area contributed by atoms with Gasteiger partial charge in [-0.3, -0.25) is 4.79 Å². The number of ether oxygens (including phenoxy) is 2. The van der Waals surface area contributed by atoms with Crippen LogP contribution in [0, 0.1) is 0 Å². The summed E-state index contributed by atoms with van der Waals surface area (Å²) in [4.78, 5) is 12.5. The second-order valence-corrected chi connectivity index (χ2v) is 8.68. The highest BCUT2D eigenvalue weighted by Crippen LogP contribution is 2.35. The molecule has 32 heavy (non-hydrogen) atoms. The van der Waals surface area contributed by atoms with Crippen LogP contribution in [0.25, 0.3) is 20.5 Å². The molecule has 0 amide bonds. The third kappa shape index (κ3) is 6.98. The van der Waals surface area contributed by atoms with E-state index in [0.717, 1.165) is 15.6 Å². The molecule has 0 fully saturated rings. The maximum atomic E-state index is 14.0. The molecule has 4 N–H and O–H groups in total. The van der Waals surface area contributed by atoms with Crippen molar-refractivity contribution >= 4 is 27.4 Å². The van der Waals surface area contributed by atoms with Crippen LogP contribution in [0.2, 0.25) is 0 Å². The number of nitrogens with two attached hydrogens (primary N) is 2. The van der Waals surface area contributed by atoms with E-state index in [-0.39, 0.29) is 45.4 Å². The Morgan fingerprint density at radius 1 is 1.03 bits per heavy atom. The normalized spacial score (nSPS) is 12.6. The van der Waals surface area contributed by atoms with Gasteiger partial charge < -0.3 is 20.9 Å². The zero-order chi connectivity index (χ0) is 23.0. The molecule has 2 aromatic carbocycles. The average Bonchev–Trinajstić information content (AvgIpc) is 3.23. The number of carbonyl (C=O) groups excluding carboxylic acids is 1. The first-order valence-corrected chi connectivity index (χ1v) is 11.4. The van der Waals surface area contributed by atoms with Gasteiger partial charge >= 0.3 is 5.97 Å². The summed E-state index contributed by atoms with van der Waals surface area (Å²) in [7, 11) is 0. The molecule has 172 valence electrons. The fourth-order valence-electron chi connectivity index (χ4n) is 3.20. The van der Waals surface area contributed by atoms with E-state index in [1.54, 1.807) is 11.3 Å². The Kier molecular flexibility index (Phi) is 8.55. The summed E-state index contributed by atoms with van der Waals surface area (Å²) in [6.07, 6.45) is -0.359. The van der Waals surface area contributed by atoms with Crippen molar-refractivity contribution in [1.82, 2.24) is 0 Å². The Morgan fingerprint density at radius 2 is 1.75 bits per heavy atom. The third-order valence-corrected chi connectivity index (χ3v) is 6.14. The first kappa shape index (κ1) is 24.1. The van der Waals surface area contributed by atoms with Crippen molar-refractivity contribution < 1.29 is 23.0 Å². The van der Waals surface area contributed by atoms with Crippen molar-refractivity contribution in [3.05, 3.63) is 54.6 Å². The van der Waals surface area contributed by atoms with Gasteiger partial charge in [0.05, 0.1) is 13.2 Å². The van der Waals surface area contributed by atoms with Gasteiger partial charge in [-0.2, -0.15) is 0 Å². The Balaban J connectivity index is 1.41. The highest BCUT2D eigenvalue weighted by Gasteiger charge is 2.28. The lowest BCUT2D eigenvalue weighted by Crippen LogP contribution is -2.39. The van der Waals surface area contributed by atoms with Crippen molar-refractivity contribution in [1.29, 1.82) is 0 Å². The average molecular weight is 463 g/mol. The van der Waals surface area contributed by atoms with Crippen molar-refractivity contribution in [2.45, 2.75) is 37.6 Å². The van der Waals surface area contributed by atoms with Crippen LogP contribution in [0.3, 0.4) is 0 Å². The van der Waals surface area contributed by atoms with Gasteiger partial charge in [0, 0.05) is 29.0 Å². The molecule has 3 aromatic rings. The van der Waals surface area contributed by atoms with Crippen LogP contribution in [-0.4, -0.2) is 37.7 Å². The molecule has 0 aliphatic heterocycles. The Hall–Kier alpha value is -2.55. The first-order valence-electron chi connectivity index (χ1n) is 10.6. The van der Waals surface area contributed by atoms with Gasteiger partial charge in [-0.05, 0) is 48.1 Å². The van der Waals surface area contributed by atoms with Crippen LogP contribution in [0.5, 0.6) is 5.75 Å².